The Morgan fingerprint density at radius 1 is 1.16 bits per heavy atom. The summed E-state index contributed by atoms with van der Waals surface area (Å²) in [4.78, 5) is 28.3. The van der Waals surface area contributed by atoms with E-state index < -0.39 is 58.9 Å². The van der Waals surface area contributed by atoms with Crippen LogP contribution in [0, 0.1) is 0 Å². The van der Waals surface area contributed by atoms with Crippen LogP contribution in [0.3, 0.4) is 0 Å². The van der Waals surface area contributed by atoms with Gasteiger partial charge in [0.25, 0.3) is 0 Å². The van der Waals surface area contributed by atoms with Gasteiger partial charge in [-0.05, 0) is 45.7 Å². The lowest BCUT2D eigenvalue weighted by Crippen LogP contribution is -2.32. The number of rotatable bonds is 10. The summed E-state index contributed by atoms with van der Waals surface area (Å²) in [5.41, 5.74) is -2.51. The molecule has 0 aliphatic rings. The highest BCUT2D eigenvalue weighted by Gasteiger charge is 2.39. The van der Waals surface area contributed by atoms with Gasteiger partial charge < -0.3 is 18.9 Å². The molecule has 0 saturated carbocycles. The van der Waals surface area contributed by atoms with Crippen molar-refractivity contribution in [3.8, 4) is 5.88 Å². The van der Waals surface area contributed by atoms with E-state index in [1.807, 2.05) is 30.3 Å². The van der Waals surface area contributed by atoms with Crippen LogP contribution in [0.5, 0.6) is 5.88 Å². The molecule has 1 aromatic carbocycles. The van der Waals surface area contributed by atoms with Gasteiger partial charge in [-0.25, -0.2) is 14.6 Å². The molecule has 1 N–H and O–H groups in total. The molecule has 2 rings (SSSR count). The number of hydrogen-bond acceptors (Lipinski definition) is 7. The number of amides is 1. The van der Waals surface area contributed by atoms with E-state index >= 15 is 0 Å². The Hall–Kier alpha value is -3.60. The summed E-state index contributed by atoms with van der Waals surface area (Å²) in [5.74, 6) is -1.95. The van der Waals surface area contributed by atoms with Gasteiger partial charge in [0.1, 0.15) is 17.3 Å². The topological polar surface area (TPSA) is 96.0 Å². The number of nitrogens with zero attached hydrogens (tertiary/aromatic N) is 1. The Morgan fingerprint density at radius 2 is 1.81 bits per heavy atom. The number of alkyl halides is 3. The molecular formula is C26H31F3N2O6. The molecular weight excluding hydrogens is 493 g/mol. The molecule has 0 bridgehead atoms. The van der Waals surface area contributed by atoms with E-state index in [9.17, 15) is 22.8 Å². The Balaban J connectivity index is 2.41. The fourth-order valence-electron chi connectivity index (χ4n) is 3.14. The van der Waals surface area contributed by atoms with E-state index in [1.165, 1.54) is 6.92 Å². The Bertz CT molecular complexity index is 1080. The molecule has 1 heterocycles. The van der Waals surface area contributed by atoms with Crippen LogP contribution >= 0.6 is 0 Å². The lowest BCUT2D eigenvalue weighted by Gasteiger charge is -2.26. The Labute approximate surface area is 213 Å². The van der Waals surface area contributed by atoms with Gasteiger partial charge in [0.2, 0.25) is 5.88 Å². The van der Waals surface area contributed by atoms with Crippen LogP contribution in [0.4, 0.5) is 23.7 Å². The number of nitrogens with one attached hydrogen (secondary N) is 1. The summed E-state index contributed by atoms with van der Waals surface area (Å²) in [7, 11) is 1.03. The standard InChI is InChI=1S/C26H31F3N2O6/c1-7-11-20(35-15-17-12-9-8-10-13-17)16(2)36-22-18(26(27,28)29)14-19(21(31-22)23(32)34-6)30-24(33)37-25(3,4)5/h7-10,12-14,16,20H,1,11,15H2,2-6H3,(H,30,33). The smallest absolute Gasteiger partial charge is 0.421 e. The summed E-state index contributed by atoms with van der Waals surface area (Å²) in [6.45, 7) is 10.1. The summed E-state index contributed by atoms with van der Waals surface area (Å²) in [5, 5.41) is 2.14. The van der Waals surface area contributed by atoms with Crippen molar-refractivity contribution < 1.29 is 41.7 Å². The van der Waals surface area contributed by atoms with E-state index in [4.69, 9.17) is 14.2 Å². The number of pyridine rings is 1. The number of hydrogen-bond donors (Lipinski definition) is 1. The van der Waals surface area contributed by atoms with Crippen LogP contribution in [0.25, 0.3) is 0 Å². The number of aromatic nitrogens is 1. The number of benzene rings is 1. The van der Waals surface area contributed by atoms with Gasteiger partial charge in [0.15, 0.2) is 5.69 Å². The van der Waals surface area contributed by atoms with Crippen LogP contribution in [0.2, 0.25) is 0 Å². The molecule has 0 aliphatic heterocycles. The SMILES string of the molecule is C=CCC(OCc1ccccc1)C(C)Oc1nc(C(=O)OC)c(NC(=O)OC(C)(C)C)cc1C(F)(F)F. The second kappa shape index (κ2) is 12.6. The second-order valence-electron chi connectivity index (χ2n) is 9.04. The first-order chi connectivity index (χ1) is 17.2. The monoisotopic (exact) mass is 524 g/mol. The van der Waals surface area contributed by atoms with Crippen molar-refractivity contribution in [3.05, 3.63) is 65.9 Å². The van der Waals surface area contributed by atoms with Gasteiger partial charge in [-0.3, -0.25) is 5.32 Å². The van der Waals surface area contributed by atoms with Gasteiger partial charge in [-0.2, -0.15) is 13.2 Å². The number of esters is 1. The highest BCUT2D eigenvalue weighted by Crippen LogP contribution is 2.39. The lowest BCUT2D eigenvalue weighted by molar-refractivity contribution is -0.140. The maximum absolute atomic E-state index is 14.0. The zero-order chi connectivity index (χ0) is 27.8. The molecule has 1 amide bonds. The number of anilines is 1. The first kappa shape index (κ1) is 29.6. The van der Waals surface area contributed by atoms with Crippen LogP contribution < -0.4 is 10.1 Å². The minimum absolute atomic E-state index is 0.193. The predicted octanol–water partition coefficient (Wildman–Crippen LogP) is 6.16. The molecule has 1 aromatic heterocycles. The molecule has 0 saturated heterocycles. The molecule has 11 heteroatoms. The molecule has 2 unspecified atom stereocenters. The van der Waals surface area contributed by atoms with Crippen molar-refractivity contribution in [2.24, 2.45) is 0 Å². The average molecular weight is 525 g/mol. The molecule has 0 spiro atoms. The molecule has 2 atom stereocenters. The fourth-order valence-corrected chi connectivity index (χ4v) is 3.14. The van der Waals surface area contributed by atoms with E-state index in [-0.39, 0.29) is 13.0 Å². The number of carbonyl (C=O) groups excluding carboxylic acids is 2. The first-order valence-electron chi connectivity index (χ1n) is 11.4. The minimum Gasteiger partial charge on any atom is -0.471 e. The van der Waals surface area contributed by atoms with Crippen LogP contribution in [-0.4, -0.2) is 42.0 Å². The minimum atomic E-state index is -4.93. The summed E-state index contributed by atoms with van der Waals surface area (Å²) >= 11 is 0. The highest BCUT2D eigenvalue weighted by atomic mass is 19.4. The Morgan fingerprint density at radius 3 is 2.35 bits per heavy atom. The van der Waals surface area contributed by atoms with Gasteiger partial charge in [-0.15, -0.1) is 6.58 Å². The predicted molar refractivity (Wildman–Crippen MR) is 130 cm³/mol. The average Bonchev–Trinajstić information content (AvgIpc) is 2.80. The highest BCUT2D eigenvalue weighted by molar-refractivity contribution is 5.98. The van der Waals surface area contributed by atoms with Gasteiger partial charge >= 0.3 is 18.2 Å². The fraction of sp³-hybridized carbons (Fsp3) is 0.423. The van der Waals surface area contributed by atoms with Gasteiger partial charge in [0.05, 0.1) is 25.5 Å². The third kappa shape index (κ3) is 9.09. The normalized spacial score (nSPS) is 13.3. The van der Waals surface area contributed by atoms with Crippen molar-refractivity contribution in [1.82, 2.24) is 4.98 Å². The van der Waals surface area contributed by atoms with Crippen LogP contribution in [-0.2, 0) is 27.0 Å². The summed E-state index contributed by atoms with van der Waals surface area (Å²) in [6, 6.07) is 9.76. The maximum Gasteiger partial charge on any atom is 0.421 e. The van der Waals surface area contributed by atoms with Crippen molar-refractivity contribution in [1.29, 1.82) is 0 Å². The molecule has 2 aromatic rings. The number of methoxy groups -OCH3 is 1. The second-order valence-corrected chi connectivity index (χ2v) is 9.04. The summed E-state index contributed by atoms with van der Waals surface area (Å²) in [6.07, 6.45) is -5.78. The quantitative estimate of drug-likeness (QED) is 0.294. The molecule has 0 radical (unpaired) electrons. The van der Waals surface area contributed by atoms with Gasteiger partial charge in [0, 0.05) is 0 Å². The maximum atomic E-state index is 14.0. The molecule has 0 aliphatic carbocycles. The molecule has 202 valence electrons. The zero-order valence-corrected chi connectivity index (χ0v) is 21.3. The van der Waals surface area contributed by atoms with Crippen LogP contribution in [0.1, 0.15) is 55.7 Å². The van der Waals surface area contributed by atoms with Crippen molar-refractivity contribution in [2.75, 3.05) is 12.4 Å². The van der Waals surface area contributed by atoms with E-state index in [0.717, 1.165) is 12.7 Å². The summed E-state index contributed by atoms with van der Waals surface area (Å²) < 4.78 is 63.2. The molecule has 8 nitrogen and oxygen atoms in total. The van der Waals surface area contributed by atoms with Crippen molar-refractivity contribution in [3.63, 3.8) is 0 Å². The largest absolute Gasteiger partial charge is 0.471 e. The van der Waals surface area contributed by atoms with E-state index in [0.29, 0.717) is 6.07 Å². The Kier molecular flexibility index (Phi) is 10.1. The number of carbonyl (C=O) groups is 2. The molecule has 37 heavy (non-hydrogen) atoms. The van der Waals surface area contributed by atoms with E-state index in [1.54, 1.807) is 26.8 Å². The van der Waals surface area contributed by atoms with Crippen LogP contribution in [0.15, 0.2) is 49.1 Å². The van der Waals surface area contributed by atoms with Gasteiger partial charge in [-0.1, -0.05) is 36.4 Å². The lowest BCUT2D eigenvalue weighted by atomic mass is 10.1. The molecule has 0 fully saturated rings. The first-order valence-corrected chi connectivity index (χ1v) is 11.4. The number of halogens is 3. The third-order valence-corrected chi connectivity index (χ3v) is 4.83. The van der Waals surface area contributed by atoms with Crippen molar-refractivity contribution in [2.45, 2.75) is 64.7 Å². The van der Waals surface area contributed by atoms with Crippen molar-refractivity contribution >= 4 is 17.7 Å². The van der Waals surface area contributed by atoms with E-state index in [2.05, 4.69) is 21.6 Å². The number of ether oxygens (including phenoxy) is 4. The third-order valence-electron chi connectivity index (χ3n) is 4.83. The zero-order valence-electron chi connectivity index (χ0n) is 21.3.